The van der Waals surface area contributed by atoms with E-state index >= 15 is 0 Å². The van der Waals surface area contributed by atoms with Crippen LogP contribution in [-0.2, 0) is 0 Å². The second-order valence-electron chi connectivity index (χ2n) is 3.25. The Bertz CT molecular complexity index is 532. The van der Waals surface area contributed by atoms with Gasteiger partial charge in [-0.3, -0.25) is 0 Å². The third-order valence-electron chi connectivity index (χ3n) is 2.14. The van der Waals surface area contributed by atoms with Crippen molar-refractivity contribution in [3.63, 3.8) is 0 Å². The maximum absolute atomic E-state index is 13.5. The smallest absolute Gasteiger partial charge is 0.137 e. The van der Waals surface area contributed by atoms with Gasteiger partial charge in [-0.1, -0.05) is 5.92 Å². The molecule has 15 heavy (non-hydrogen) atoms. The van der Waals surface area contributed by atoms with Crippen LogP contribution >= 0.6 is 0 Å². The zero-order chi connectivity index (χ0) is 10.8. The van der Waals surface area contributed by atoms with Gasteiger partial charge in [0.05, 0.1) is 5.56 Å². The van der Waals surface area contributed by atoms with E-state index in [0.29, 0.717) is 16.9 Å². The molecule has 0 atom stereocenters. The normalized spacial score (nSPS) is 9.93. The highest BCUT2D eigenvalue weighted by atomic mass is 19.1. The van der Waals surface area contributed by atoms with Crippen LogP contribution in [0.1, 0.15) is 11.3 Å². The van der Waals surface area contributed by atoms with E-state index in [1.807, 2.05) is 6.92 Å². The molecule has 0 N–H and O–H groups in total. The number of halogens is 1. The van der Waals surface area contributed by atoms with Crippen molar-refractivity contribution in [3.05, 3.63) is 47.5 Å². The maximum atomic E-state index is 13.5. The minimum absolute atomic E-state index is 0.330. The fraction of sp³-hybridized carbons (Fsp3) is 0.0769. The van der Waals surface area contributed by atoms with Gasteiger partial charge in [0.1, 0.15) is 17.3 Å². The molecule has 0 fully saturated rings. The summed E-state index contributed by atoms with van der Waals surface area (Å²) >= 11 is 0. The largest absolute Gasteiger partial charge is 0.461 e. The van der Waals surface area contributed by atoms with E-state index in [0.717, 1.165) is 5.76 Å². The van der Waals surface area contributed by atoms with E-state index in [2.05, 4.69) is 5.92 Å². The summed E-state index contributed by atoms with van der Waals surface area (Å²) in [5.41, 5.74) is 1.04. The number of furan rings is 1. The first-order valence-corrected chi connectivity index (χ1v) is 4.53. The number of rotatable bonds is 1. The highest BCUT2D eigenvalue weighted by molar-refractivity contribution is 5.61. The molecule has 0 aliphatic heterocycles. The second kappa shape index (κ2) is 3.62. The van der Waals surface area contributed by atoms with Crippen LogP contribution in [0.5, 0.6) is 0 Å². The first-order valence-electron chi connectivity index (χ1n) is 4.53. The van der Waals surface area contributed by atoms with Crippen LogP contribution in [0.4, 0.5) is 4.39 Å². The maximum Gasteiger partial charge on any atom is 0.137 e. The van der Waals surface area contributed by atoms with Crippen LogP contribution in [0, 0.1) is 25.1 Å². The molecule has 0 saturated heterocycles. The Balaban J connectivity index is 2.57. The van der Waals surface area contributed by atoms with Crippen molar-refractivity contribution in [3.8, 4) is 23.7 Å². The summed E-state index contributed by atoms with van der Waals surface area (Å²) in [5.74, 6) is 3.38. The molecule has 74 valence electrons. The van der Waals surface area contributed by atoms with Gasteiger partial charge in [0.15, 0.2) is 0 Å². The Morgan fingerprint density at radius 1 is 1.27 bits per heavy atom. The van der Waals surface area contributed by atoms with Crippen LogP contribution in [0.3, 0.4) is 0 Å². The first-order chi connectivity index (χ1) is 7.20. The van der Waals surface area contributed by atoms with Crippen molar-refractivity contribution in [2.24, 2.45) is 0 Å². The fourth-order valence-corrected chi connectivity index (χ4v) is 1.38. The Kier molecular flexibility index (Phi) is 2.31. The average molecular weight is 200 g/mol. The lowest BCUT2D eigenvalue weighted by atomic mass is 10.1. The molecular formula is C13H9FO. The Morgan fingerprint density at radius 3 is 2.67 bits per heavy atom. The average Bonchev–Trinajstić information content (AvgIpc) is 2.65. The lowest BCUT2D eigenvalue weighted by Crippen LogP contribution is -1.84. The summed E-state index contributed by atoms with van der Waals surface area (Å²) in [6.45, 7) is 1.81. The SMILES string of the molecule is C#Cc1ccc(F)c(-c2ccc(C)o2)c1. The van der Waals surface area contributed by atoms with Gasteiger partial charge in [-0.2, -0.15) is 0 Å². The zero-order valence-electron chi connectivity index (χ0n) is 8.25. The summed E-state index contributed by atoms with van der Waals surface area (Å²) in [5, 5.41) is 0. The summed E-state index contributed by atoms with van der Waals surface area (Å²) in [4.78, 5) is 0. The fourth-order valence-electron chi connectivity index (χ4n) is 1.38. The van der Waals surface area contributed by atoms with Gasteiger partial charge in [0.2, 0.25) is 0 Å². The van der Waals surface area contributed by atoms with Crippen molar-refractivity contribution >= 4 is 0 Å². The number of terminal acetylenes is 1. The Labute approximate surface area is 87.5 Å². The molecule has 0 bridgehead atoms. The van der Waals surface area contributed by atoms with Gasteiger partial charge in [0.25, 0.3) is 0 Å². The molecule has 2 rings (SSSR count). The first kappa shape index (κ1) is 9.54. The van der Waals surface area contributed by atoms with Gasteiger partial charge in [-0.15, -0.1) is 6.42 Å². The summed E-state index contributed by atoms with van der Waals surface area (Å²) < 4.78 is 18.8. The predicted octanol–water partition coefficient (Wildman–Crippen LogP) is 3.38. The number of benzene rings is 1. The van der Waals surface area contributed by atoms with E-state index in [9.17, 15) is 4.39 Å². The van der Waals surface area contributed by atoms with Crippen LogP contribution in [-0.4, -0.2) is 0 Å². The molecule has 1 heterocycles. The highest BCUT2D eigenvalue weighted by Crippen LogP contribution is 2.25. The van der Waals surface area contributed by atoms with Gasteiger partial charge in [-0.05, 0) is 37.3 Å². The van der Waals surface area contributed by atoms with Crippen molar-refractivity contribution < 1.29 is 8.81 Å². The highest BCUT2D eigenvalue weighted by Gasteiger charge is 2.08. The lowest BCUT2D eigenvalue weighted by molar-refractivity contribution is 0.540. The van der Waals surface area contributed by atoms with E-state index in [4.69, 9.17) is 10.8 Å². The molecular weight excluding hydrogens is 191 g/mol. The molecule has 1 nitrogen and oxygen atoms in total. The molecule has 0 amide bonds. The Hall–Kier alpha value is -2.01. The molecule has 0 aliphatic carbocycles. The Morgan fingerprint density at radius 2 is 2.07 bits per heavy atom. The standard InChI is InChI=1S/C13H9FO/c1-3-10-5-6-12(14)11(8-10)13-7-4-9(2)15-13/h1,4-8H,2H3. The summed E-state index contributed by atoms with van der Waals surface area (Å²) in [7, 11) is 0. The molecule has 0 radical (unpaired) electrons. The van der Waals surface area contributed by atoms with Crippen LogP contribution in [0.15, 0.2) is 34.7 Å². The number of hydrogen-bond donors (Lipinski definition) is 0. The lowest BCUT2D eigenvalue weighted by Gasteiger charge is -2.00. The molecule has 0 spiro atoms. The third-order valence-corrected chi connectivity index (χ3v) is 2.14. The van der Waals surface area contributed by atoms with Gasteiger partial charge < -0.3 is 4.42 Å². The number of hydrogen-bond acceptors (Lipinski definition) is 1. The third kappa shape index (κ3) is 1.77. The monoisotopic (exact) mass is 200 g/mol. The predicted molar refractivity (Wildman–Crippen MR) is 56.8 cm³/mol. The zero-order valence-corrected chi connectivity index (χ0v) is 8.25. The van der Waals surface area contributed by atoms with E-state index in [1.165, 1.54) is 6.07 Å². The van der Waals surface area contributed by atoms with Crippen molar-refractivity contribution in [2.45, 2.75) is 6.92 Å². The quantitative estimate of drug-likeness (QED) is 0.643. The van der Waals surface area contributed by atoms with Crippen molar-refractivity contribution in [1.82, 2.24) is 0 Å². The van der Waals surface area contributed by atoms with Crippen molar-refractivity contribution in [1.29, 1.82) is 0 Å². The summed E-state index contributed by atoms with van der Waals surface area (Å²) in [6, 6.07) is 8.04. The molecule has 2 aromatic rings. The van der Waals surface area contributed by atoms with Gasteiger partial charge in [0, 0.05) is 5.56 Å². The topological polar surface area (TPSA) is 13.1 Å². The number of aryl methyl sites for hydroxylation is 1. The van der Waals surface area contributed by atoms with E-state index in [-0.39, 0.29) is 5.82 Å². The van der Waals surface area contributed by atoms with Crippen molar-refractivity contribution in [2.75, 3.05) is 0 Å². The van der Waals surface area contributed by atoms with Crippen LogP contribution in [0.2, 0.25) is 0 Å². The van der Waals surface area contributed by atoms with E-state index < -0.39 is 0 Å². The molecule has 1 aromatic carbocycles. The molecule has 1 aromatic heterocycles. The second-order valence-corrected chi connectivity index (χ2v) is 3.25. The molecule has 2 heteroatoms. The van der Waals surface area contributed by atoms with E-state index in [1.54, 1.807) is 24.3 Å². The van der Waals surface area contributed by atoms with Gasteiger partial charge >= 0.3 is 0 Å². The van der Waals surface area contributed by atoms with Crippen LogP contribution in [0.25, 0.3) is 11.3 Å². The molecule has 0 saturated carbocycles. The summed E-state index contributed by atoms with van der Waals surface area (Å²) in [6.07, 6.45) is 5.25. The van der Waals surface area contributed by atoms with Gasteiger partial charge in [-0.25, -0.2) is 4.39 Å². The minimum atomic E-state index is -0.330. The van der Waals surface area contributed by atoms with Crippen LogP contribution < -0.4 is 0 Å². The molecule has 0 unspecified atom stereocenters. The minimum Gasteiger partial charge on any atom is -0.461 e. The molecule has 0 aliphatic rings.